The van der Waals surface area contributed by atoms with Crippen molar-refractivity contribution in [3.8, 4) is 11.4 Å². The summed E-state index contributed by atoms with van der Waals surface area (Å²) in [7, 11) is 4.01. The second kappa shape index (κ2) is 5.15. The lowest BCUT2D eigenvalue weighted by Gasteiger charge is -2.14. The molecule has 0 aliphatic heterocycles. The molecule has 1 N–H and O–H groups in total. The Morgan fingerprint density at radius 1 is 1.29 bits per heavy atom. The quantitative estimate of drug-likeness (QED) is 0.873. The lowest BCUT2D eigenvalue weighted by atomic mass is 10.0. The van der Waals surface area contributed by atoms with Crippen LogP contribution in [0.3, 0.4) is 0 Å². The maximum Gasteiger partial charge on any atom is 0.139 e. The molecule has 0 aliphatic carbocycles. The van der Waals surface area contributed by atoms with Crippen molar-refractivity contribution in [3.63, 3.8) is 0 Å². The van der Waals surface area contributed by atoms with Crippen molar-refractivity contribution >= 4 is 0 Å². The number of nitrogens with one attached hydrogen (secondary N) is 1. The van der Waals surface area contributed by atoms with Gasteiger partial charge in [0.2, 0.25) is 0 Å². The number of rotatable bonds is 4. The van der Waals surface area contributed by atoms with Gasteiger partial charge in [0.1, 0.15) is 5.82 Å². The van der Waals surface area contributed by atoms with Crippen LogP contribution >= 0.6 is 0 Å². The number of aromatic nitrogens is 2. The fraction of sp³-hybridized carbons (Fsp3) is 0.357. The van der Waals surface area contributed by atoms with Gasteiger partial charge in [-0.1, -0.05) is 31.2 Å². The van der Waals surface area contributed by atoms with Crippen molar-refractivity contribution in [2.45, 2.75) is 19.4 Å². The third-order valence-electron chi connectivity index (χ3n) is 3.15. The Labute approximate surface area is 103 Å². The third kappa shape index (κ3) is 2.39. The van der Waals surface area contributed by atoms with Gasteiger partial charge in [0, 0.05) is 31.0 Å². The highest BCUT2D eigenvalue weighted by Crippen LogP contribution is 2.21. The van der Waals surface area contributed by atoms with Crippen LogP contribution in [0.15, 0.2) is 36.7 Å². The summed E-state index contributed by atoms with van der Waals surface area (Å²) < 4.78 is 2.03. The normalized spacial score (nSPS) is 12.6. The lowest BCUT2D eigenvalue weighted by molar-refractivity contribution is 0.577. The zero-order chi connectivity index (χ0) is 12.3. The number of nitrogens with zero attached hydrogens (tertiary/aromatic N) is 2. The first-order valence-electron chi connectivity index (χ1n) is 6.01. The first-order chi connectivity index (χ1) is 8.26. The highest BCUT2D eigenvalue weighted by atomic mass is 15.0. The molecule has 1 aromatic carbocycles. The highest BCUT2D eigenvalue weighted by molar-refractivity contribution is 5.56. The molecule has 1 unspecified atom stereocenters. The molecule has 0 aliphatic rings. The Balaban J connectivity index is 2.27. The fourth-order valence-corrected chi connectivity index (χ4v) is 2.11. The minimum Gasteiger partial charge on any atom is -0.334 e. The average Bonchev–Trinajstić information content (AvgIpc) is 2.78. The Hall–Kier alpha value is -1.61. The summed E-state index contributed by atoms with van der Waals surface area (Å²) in [5.41, 5.74) is 2.49. The van der Waals surface area contributed by atoms with Gasteiger partial charge in [0.15, 0.2) is 0 Å². The van der Waals surface area contributed by atoms with Crippen molar-refractivity contribution in [3.05, 3.63) is 42.2 Å². The molecule has 2 aromatic rings. The molecule has 1 heterocycles. The van der Waals surface area contributed by atoms with Crippen molar-refractivity contribution in [1.29, 1.82) is 0 Å². The van der Waals surface area contributed by atoms with Crippen molar-refractivity contribution in [2.75, 3.05) is 7.05 Å². The second-order valence-corrected chi connectivity index (χ2v) is 4.23. The lowest BCUT2D eigenvalue weighted by Crippen LogP contribution is -2.14. The monoisotopic (exact) mass is 229 g/mol. The van der Waals surface area contributed by atoms with Crippen molar-refractivity contribution < 1.29 is 0 Å². The zero-order valence-corrected chi connectivity index (χ0v) is 10.6. The molecule has 0 spiro atoms. The molecule has 1 atom stereocenters. The van der Waals surface area contributed by atoms with E-state index in [0.29, 0.717) is 6.04 Å². The summed E-state index contributed by atoms with van der Waals surface area (Å²) in [5.74, 6) is 1.01. The van der Waals surface area contributed by atoms with E-state index in [1.54, 1.807) is 0 Å². The molecule has 0 fully saturated rings. The van der Waals surface area contributed by atoms with E-state index in [1.165, 1.54) is 5.56 Å². The molecule has 90 valence electrons. The van der Waals surface area contributed by atoms with Gasteiger partial charge in [0.05, 0.1) is 0 Å². The molecular weight excluding hydrogens is 210 g/mol. The SMILES string of the molecule is CCC(NC)c1ccc(-c2nccn2C)cc1. The van der Waals surface area contributed by atoms with Crippen LogP contribution in [0.25, 0.3) is 11.4 Å². The summed E-state index contributed by atoms with van der Waals surface area (Å²) in [6.07, 6.45) is 4.88. The second-order valence-electron chi connectivity index (χ2n) is 4.23. The van der Waals surface area contributed by atoms with E-state index in [1.807, 2.05) is 31.1 Å². The Bertz CT molecular complexity index is 466. The highest BCUT2D eigenvalue weighted by Gasteiger charge is 2.07. The molecule has 17 heavy (non-hydrogen) atoms. The van der Waals surface area contributed by atoms with Gasteiger partial charge in [-0.05, 0) is 19.0 Å². The van der Waals surface area contributed by atoms with Gasteiger partial charge in [-0.2, -0.15) is 0 Å². The van der Waals surface area contributed by atoms with E-state index in [0.717, 1.165) is 17.8 Å². The predicted molar refractivity (Wildman–Crippen MR) is 70.7 cm³/mol. The minimum absolute atomic E-state index is 0.436. The number of benzene rings is 1. The van der Waals surface area contributed by atoms with Crippen LogP contribution in [0.1, 0.15) is 24.9 Å². The van der Waals surface area contributed by atoms with Gasteiger partial charge in [0.25, 0.3) is 0 Å². The van der Waals surface area contributed by atoms with E-state index in [4.69, 9.17) is 0 Å². The number of hydrogen-bond donors (Lipinski definition) is 1. The standard InChI is InChI=1S/C14H19N3/c1-4-13(15-2)11-5-7-12(8-6-11)14-16-9-10-17(14)3/h5-10,13,15H,4H2,1-3H3. The van der Waals surface area contributed by atoms with E-state index >= 15 is 0 Å². The molecule has 1 aromatic heterocycles. The predicted octanol–water partition coefficient (Wildman–Crippen LogP) is 2.76. The fourth-order valence-electron chi connectivity index (χ4n) is 2.11. The number of imidazole rings is 1. The van der Waals surface area contributed by atoms with Gasteiger partial charge in [-0.25, -0.2) is 4.98 Å². The molecule has 0 saturated carbocycles. The Morgan fingerprint density at radius 2 is 2.00 bits per heavy atom. The average molecular weight is 229 g/mol. The van der Waals surface area contributed by atoms with Crippen LogP contribution in [-0.4, -0.2) is 16.6 Å². The number of hydrogen-bond acceptors (Lipinski definition) is 2. The Morgan fingerprint density at radius 3 is 2.47 bits per heavy atom. The maximum absolute atomic E-state index is 4.35. The summed E-state index contributed by atoms with van der Waals surface area (Å²) in [4.78, 5) is 4.35. The van der Waals surface area contributed by atoms with Gasteiger partial charge >= 0.3 is 0 Å². The molecule has 3 nitrogen and oxygen atoms in total. The van der Waals surface area contributed by atoms with E-state index in [9.17, 15) is 0 Å². The molecule has 0 radical (unpaired) electrons. The smallest absolute Gasteiger partial charge is 0.139 e. The van der Waals surface area contributed by atoms with Crippen LogP contribution in [0.5, 0.6) is 0 Å². The van der Waals surface area contributed by atoms with Crippen LogP contribution in [0, 0.1) is 0 Å². The van der Waals surface area contributed by atoms with Gasteiger partial charge in [-0.15, -0.1) is 0 Å². The zero-order valence-electron chi connectivity index (χ0n) is 10.6. The van der Waals surface area contributed by atoms with Crippen molar-refractivity contribution in [2.24, 2.45) is 7.05 Å². The summed E-state index contributed by atoms with van der Waals surface area (Å²) in [6.45, 7) is 2.19. The molecular formula is C14H19N3. The minimum atomic E-state index is 0.436. The first-order valence-corrected chi connectivity index (χ1v) is 6.01. The largest absolute Gasteiger partial charge is 0.334 e. The maximum atomic E-state index is 4.35. The van der Waals surface area contributed by atoms with Crippen LogP contribution in [0.4, 0.5) is 0 Å². The molecule has 0 amide bonds. The van der Waals surface area contributed by atoms with Crippen LogP contribution in [0.2, 0.25) is 0 Å². The Kier molecular flexibility index (Phi) is 3.59. The topological polar surface area (TPSA) is 29.9 Å². The first kappa shape index (κ1) is 11.9. The van der Waals surface area contributed by atoms with Gasteiger partial charge in [-0.3, -0.25) is 0 Å². The molecule has 2 rings (SSSR count). The van der Waals surface area contributed by atoms with E-state index < -0.39 is 0 Å². The molecule has 0 saturated heterocycles. The van der Waals surface area contributed by atoms with Gasteiger partial charge < -0.3 is 9.88 Å². The molecule has 3 heteroatoms. The van der Waals surface area contributed by atoms with Crippen LogP contribution < -0.4 is 5.32 Å². The number of aryl methyl sites for hydroxylation is 1. The summed E-state index contributed by atoms with van der Waals surface area (Å²) in [6, 6.07) is 9.06. The third-order valence-corrected chi connectivity index (χ3v) is 3.15. The van der Waals surface area contributed by atoms with E-state index in [2.05, 4.69) is 41.5 Å². The molecule has 0 bridgehead atoms. The van der Waals surface area contributed by atoms with E-state index in [-0.39, 0.29) is 0 Å². The summed E-state index contributed by atoms with van der Waals surface area (Å²) in [5, 5.41) is 3.31. The summed E-state index contributed by atoms with van der Waals surface area (Å²) >= 11 is 0. The van der Waals surface area contributed by atoms with Crippen molar-refractivity contribution in [1.82, 2.24) is 14.9 Å². The van der Waals surface area contributed by atoms with Crippen LogP contribution in [-0.2, 0) is 7.05 Å².